The third-order valence-corrected chi connectivity index (χ3v) is 32.0. The first-order valence-electron chi connectivity index (χ1n) is 52.7. The van der Waals surface area contributed by atoms with Gasteiger partial charge >= 0.3 is 22.8 Å². The molecule has 8 aliphatic heterocycles. The SMILES string of the molecule is CCCCCCCCCCCCC/C=C/[C@@H](O)[C@H](CO[C@@H]1O[C@H](COP(=O)(O)CCN)[C@@H](O[C@@H]2O[C@H](COP(=O)(O)CCN)[C@H](O)[C@H](O[C@H]3O[C@H](CO)[C@H](O)[C@H](O[C@H]4O[C@H](CO)[C@H](O)[C@H](O[C@H]5O[C@H](CO)[C@H](O)[C@H](O)[C@H]5O)[C@H]4O[C@H]4O[C@H](CO)[C@@H](O)[C@H](O)[C@H]4NC(C)=O)[C@H]3O[C@H]3O[C@H](CO)[C@H](O)[C@H](OC)[C@H]3O)[C@H]2O[C@H]2O[C@H](COP(=O)(O)CCN)[C@H](O)[C@H](O)[C@H]2O)[C@H](O)[C@H]1O)NC(=O)CCCCCCCCCCCCCCCCC. The lowest BCUT2D eigenvalue weighted by Crippen LogP contribution is -2.71. The number of unbranched alkanes of at least 4 members (excludes halogenated alkanes) is 25. The molecule has 0 spiro atoms. The summed E-state index contributed by atoms with van der Waals surface area (Å²) in [6.07, 6.45) is -63.7. The minimum Gasteiger partial charge on any atom is -0.394 e. The Labute approximate surface area is 873 Å². The number of hydrogen-bond donors (Lipinski definition) is 29. The summed E-state index contributed by atoms with van der Waals surface area (Å²) in [5, 5.41) is 252. The van der Waals surface area contributed by atoms with E-state index in [1.807, 2.05) is 0 Å². The minimum absolute atomic E-state index is 0.00530. The van der Waals surface area contributed by atoms with Crippen LogP contribution in [0.1, 0.15) is 201 Å². The molecule has 0 radical (unpaired) electrons. The molecule has 32 N–H and O–H groups in total. The van der Waals surface area contributed by atoms with Crippen molar-refractivity contribution in [1.29, 1.82) is 0 Å². The number of nitrogens with two attached hydrogens (primary N) is 3. The highest BCUT2D eigenvalue weighted by Crippen LogP contribution is 2.48. The lowest BCUT2D eigenvalue weighted by Gasteiger charge is -2.53. The van der Waals surface area contributed by atoms with Crippen LogP contribution in [-0.4, -0.2) is 496 Å². The third-order valence-electron chi connectivity index (χ3n) is 27.8. The van der Waals surface area contributed by atoms with Crippen molar-refractivity contribution in [3.63, 3.8) is 0 Å². The molecule has 0 bridgehead atoms. The van der Waals surface area contributed by atoms with Gasteiger partial charge in [0.1, 0.15) is 195 Å². The zero-order valence-corrected chi connectivity index (χ0v) is 88.5. The van der Waals surface area contributed by atoms with Crippen molar-refractivity contribution < 1.29 is 239 Å². The first-order chi connectivity index (χ1) is 71.6. The Balaban J connectivity index is 1.25. The van der Waals surface area contributed by atoms with Crippen LogP contribution in [0.25, 0.3) is 0 Å². The van der Waals surface area contributed by atoms with Crippen molar-refractivity contribution in [2.24, 2.45) is 17.2 Å². The van der Waals surface area contributed by atoms with Gasteiger partial charge in [-0.2, -0.15) is 0 Å². The highest BCUT2D eigenvalue weighted by atomic mass is 31.2. The average Bonchev–Trinajstić information content (AvgIpc) is 0.749. The standard InChI is InChI=1S/C93H174N5O49P3/c1-5-7-9-11-13-15-17-19-20-22-24-26-28-30-32-34-61(106)98-51(52(105)33-31-29-27-25-23-21-18-16-14-12-10-8-6-2)46-129-87-76(120)73(117)78(60(140-87)49-132-150(126,127)40-37-96)141-93-85(146-89-75(119)72(116)65(109)58(138-89)47-130-148(122,123)38-35-94)82(69(113)59(139-93)48-131-149(124,125)39-36-95)144-92-84(147-90-77(121)79(128-4)66(110)55(43-101)135-90)81(68(112)57(45-103)137-92)143-91-83(145-86-62(97-50(3)104)70(114)63(107)53(41-99)133-86)80(67(111)56(44-102)136-91)142-88-74(118)71(115)64(108)54(42-100)134-88/h31,33,51-60,62-93,99-103,105,107-121H,5-30,32,34-49,94-96H2,1-4H3,(H,97,104)(H,98,106)(H,122,123)(H,124,125)(H,126,127)/b33-31+/t51-,52+,53+,54+,55+,56+,57+,58+,59+,60+,62+,63+,64-,65-,66-,67-,68-,69-,70+,71-,72-,73+,74+,75+,76+,77+,78+,79-,80-,81-,82-,83+,84+,85+,86+,87+,88+,89+,90+,91+,92+,93-/m0/s1. The summed E-state index contributed by atoms with van der Waals surface area (Å²) in [6.45, 7) is -6.77. The predicted octanol–water partition coefficient (Wildman–Crippen LogP) is -5.76. The molecular formula is C93H174N5O49P3. The number of aliphatic hydroxyl groups excluding tert-OH is 21. The Bertz CT molecular complexity index is 3910. The van der Waals surface area contributed by atoms with Crippen molar-refractivity contribution in [2.45, 2.75) is 458 Å². The van der Waals surface area contributed by atoms with Gasteiger partial charge in [0.25, 0.3) is 0 Å². The Morgan fingerprint density at radius 1 is 0.340 bits per heavy atom. The van der Waals surface area contributed by atoms with E-state index < -0.39 is 390 Å². The third kappa shape index (κ3) is 39.7. The van der Waals surface area contributed by atoms with Crippen LogP contribution in [0.2, 0.25) is 0 Å². The molecule has 0 aromatic carbocycles. The lowest BCUT2D eigenvalue weighted by molar-refractivity contribution is -0.426. The topological polar surface area (TPSA) is 858 Å². The number of hydrogen-bond acceptors (Lipinski definition) is 49. The number of rotatable bonds is 70. The summed E-state index contributed by atoms with van der Waals surface area (Å²) in [5.74, 6) is -1.48. The van der Waals surface area contributed by atoms with Gasteiger partial charge < -0.3 is 244 Å². The van der Waals surface area contributed by atoms with Gasteiger partial charge in [-0.15, -0.1) is 0 Å². The van der Waals surface area contributed by atoms with E-state index in [9.17, 15) is 145 Å². The molecule has 3 unspecified atom stereocenters. The molecule has 45 atom stereocenters. The zero-order chi connectivity index (χ0) is 110. The maximum absolute atomic E-state index is 14.1. The fraction of sp³-hybridized carbons (Fsp3) is 0.957. The van der Waals surface area contributed by atoms with Gasteiger partial charge in [-0.1, -0.05) is 180 Å². The molecule has 2 amide bonds. The smallest absolute Gasteiger partial charge is 0.329 e. The number of allylic oxidation sites excluding steroid dienone is 1. The minimum atomic E-state index is -4.99. The number of ether oxygens (including phenoxy) is 17. The lowest BCUT2D eigenvalue weighted by atomic mass is 9.94. The average molecular weight is 2240 g/mol. The van der Waals surface area contributed by atoms with Crippen LogP contribution in [-0.2, 0) is 117 Å². The molecule has 880 valence electrons. The fourth-order valence-electron chi connectivity index (χ4n) is 19.1. The second kappa shape index (κ2) is 67.4. The zero-order valence-electron chi connectivity index (χ0n) is 85.8. The van der Waals surface area contributed by atoms with Crippen LogP contribution in [0.3, 0.4) is 0 Å². The number of aliphatic hydroxyl groups is 21. The van der Waals surface area contributed by atoms with Crippen molar-refractivity contribution in [2.75, 3.05) is 105 Å². The van der Waals surface area contributed by atoms with Crippen LogP contribution in [0.4, 0.5) is 0 Å². The monoisotopic (exact) mass is 2240 g/mol. The fourth-order valence-corrected chi connectivity index (χ4v) is 21.6. The van der Waals surface area contributed by atoms with E-state index in [1.165, 1.54) is 83.1 Å². The van der Waals surface area contributed by atoms with Crippen molar-refractivity contribution >= 4 is 34.6 Å². The summed E-state index contributed by atoms with van der Waals surface area (Å²) in [4.78, 5) is 60.4. The van der Waals surface area contributed by atoms with Gasteiger partial charge in [0.15, 0.2) is 50.3 Å². The van der Waals surface area contributed by atoms with Crippen LogP contribution in [0.5, 0.6) is 0 Å². The van der Waals surface area contributed by atoms with E-state index in [0.29, 0.717) is 19.3 Å². The molecule has 0 aromatic heterocycles. The molecule has 0 aromatic rings. The van der Waals surface area contributed by atoms with E-state index >= 15 is 0 Å². The Hall–Kier alpha value is -2.51. The van der Waals surface area contributed by atoms with E-state index in [1.54, 1.807) is 6.08 Å². The van der Waals surface area contributed by atoms with Crippen molar-refractivity contribution in [3.05, 3.63) is 12.2 Å². The molecule has 8 aliphatic rings. The first kappa shape index (κ1) is 133. The normalized spacial score (nSPS) is 38.4. The summed E-state index contributed by atoms with van der Waals surface area (Å²) in [5.41, 5.74) is 17.1. The molecule has 8 saturated heterocycles. The summed E-state index contributed by atoms with van der Waals surface area (Å²) in [7, 11) is -13.6. The molecule has 0 saturated carbocycles. The Morgan fingerprint density at radius 2 is 0.640 bits per heavy atom. The Kier molecular flexibility index (Phi) is 59.6. The number of nitrogens with one attached hydrogen (secondary N) is 2. The molecular weight excluding hydrogens is 2060 g/mol. The van der Waals surface area contributed by atoms with E-state index in [0.717, 1.165) is 91.1 Å². The number of methoxy groups -OCH3 is 1. The molecule has 8 rings (SSSR count). The largest absolute Gasteiger partial charge is 0.394 e. The van der Waals surface area contributed by atoms with Crippen LogP contribution in [0.15, 0.2) is 12.2 Å². The van der Waals surface area contributed by atoms with E-state index in [2.05, 4.69) is 24.5 Å². The molecule has 57 heteroatoms. The molecule has 54 nitrogen and oxygen atoms in total. The van der Waals surface area contributed by atoms with Gasteiger partial charge in [-0.25, -0.2) is 0 Å². The molecule has 8 fully saturated rings. The maximum atomic E-state index is 14.1. The van der Waals surface area contributed by atoms with Gasteiger partial charge in [-0.05, 0) is 19.3 Å². The molecule has 0 aliphatic carbocycles. The Morgan fingerprint density at radius 3 is 1.05 bits per heavy atom. The predicted molar refractivity (Wildman–Crippen MR) is 520 cm³/mol. The van der Waals surface area contributed by atoms with E-state index in [4.69, 9.17) is 111 Å². The van der Waals surface area contributed by atoms with Crippen molar-refractivity contribution in [3.8, 4) is 0 Å². The molecule has 8 heterocycles. The molecule has 150 heavy (non-hydrogen) atoms. The number of carbonyl (C=O) groups is 2. The van der Waals surface area contributed by atoms with Gasteiger partial charge in [0.2, 0.25) is 11.8 Å². The van der Waals surface area contributed by atoms with Crippen LogP contribution < -0.4 is 27.8 Å². The number of amides is 2. The second-order valence-electron chi connectivity index (χ2n) is 39.5. The van der Waals surface area contributed by atoms with Crippen molar-refractivity contribution in [1.82, 2.24) is 10.6 Å². The van der Waals surface area contributed by atoms with E-state index in [-0.39, 0.29) is 6.42 Å². The second-order valence-corrected chi connectivity index (χ2v) is 45.5. The van der Waals surface area contributed by atoms with Crippen LogP contribution in [0, 0.1) is 0 Å². The van der Waals surface area contributed by atoms with Crippen LogP contribution >= 0.6 is 22.8 Å². The highest BCUT2D eigenvalue weighted by Gasteiger charge is 2.63. The van der Waals surface area contributed by atoms with Gasteiger partial charge in [-0.3, -0.25) is 23.3 Å². The first-order valence-corrected chi connectivity index (χ1v) is 58.0. The summed E-state index contributed by atoms with van der Waals surface area (Å²) in [6, 6.07) is -3.32. The van der Waals surface area contributed by atoms with Gasteiger partial charge in [0.05, 0.1) is 90.1 Å². The number of carbonyl (C=O) groups excluding carboxylic acids is 2. The van der Waals surface area contributed by atoms with Gasteiger partial charge in [0, 0.05) is 40.1 Å². The maximum Gasteiger partial charge on any atom is 0.329 e. The highest BCUT2D eigenvalue weighted by molar-refractivity contribution is 7.53. The summed E-state index contributed by atoms with van der Waals surface area (Å²) < 4.78 is 164. The summed E-state index contributed by atoms with van der Waals surface area (Å²) >= 11 is 0. The quantitative estimate of drug-likeness (QED) is 0.0153.